The summed E-state index contributed by atoms with van der Waals surface area (Å²) in [6, 6.07) is 17.6. The van der Waals surface area contributed by atoms with Gasteiger partial charge in [-0.25, -0.2) is 0 Å². The van der Waals surface area contributed by atoms with Crippen LogP contribution in [-0.4, -0.2) is 6.54 Å². The first-order valence-electron chi connectivity index (χ1n) is 8.30. The van der Waals surface area contributed by atoms with Gasteiger partial charge in [0.1, 0.15) is 5.69 Å². The molecule has 3 aromatic rings. The molecule has 0 amide bonds. The summed E-state index contributed by atoms with van der Waals surface area (Å²) in [6.45, 7) is 6.87. The van der Waals surface area contributed by atoms with Gasteiger partial charge >= 0.3 is 0 Å². The first-order valence-corrected chi connectivity index (χ1v) is 8.30. The van der Waals surface area contributed by atoms with E-state index in [-0.39, 0.29) is 0 Å². The van der Waals surface area contributed by atoms with Crippen molar-refractivity contribution in [3.8, 4) is 11.1 Å². The third kappa shape index (κ3) is 2.67. The molecular formula is C21H21NO2. The third-order valence-corrected chi connectivity index (χ3v) is 4.41. The molecule has 3 heteroatoms. The lowest BCUT2D eigenvalue weighted by molar-refractivity contribution is 0.867. The Morgan fingerprint density at radius 1 is 0.875 bits per heavy atom. The van der Waals surface area contributed by atoms with Crippen molar-refractivity contribution in [3.63, 3.8) is 0 Å². The number of rotatable bonds is 5. The van der Waals surface area contributed by atoms with Gasteiger partial charge in [0.25, 0.3) is 5.43 Å². The van der Waals surface area contributed by atoms with Crippen LogP contribution in [0.3, 0.4) is 0 Å². The van der Waals surface area contributed by atoms with Crippen LogP contribution >= 0.6 is 0 Å². The molecule has 0 heterocycles. The highest BCUT2D eigenvalue weighted by molar-refractivity contribution is 5.86. The zero-order valence-corrected chi connectivity index (χ0v) is 14.2. The standard InChI is InChI=1S/C21H21NO2/c1-4-22(17-8-6-5-7-9-17)19-18(20(23)21(19)24)16-12-10-15(11-13-16)14(2)3/h5-14H,4H2,1-3H3. The topological polar surface area (TPSA) is 37.4 Å². The van der Waals surface area contributed by atoms with Crippen LogP contribution in [0.1, 0.15) is 32.3 Å². The van der Waals surface area contributed by atoms with E-state index in [9.17, 15) is 9.59 Å². The van der Waals surface area contributed by atoms with E-state index in [4.69, 9.17) is 0 Å². The van der Waals surface area contributed by atoms with Crippen molar-refractivity contribution in [2.75, 3.05) is 11.4 Å². The number of nitrogens with zero attached hydrogens (tertiary/aromatic N) is 1. The van der Waals surface area contributed by atoms with E-state index in [2.05, 4.69) is 13.8 Å². The second-order valence-electron chi connectivity index (χ2n) is 6.24. The van der Waals surface area contributed by atoms with Gasteiger partial charge in [-0.15, -0.1) is 0 Å². The van der Waals surface area contributed by atoms with E-state index in [1.807, 2.05) is 66.4 Å². The predicted molar refractivity (Wildman–Crippen MR) is 100 cm³/mol. The molecule has 3 aromatic carbocycles. The van der Waals surface area contributed by atoms with Gasteiger partial charge in [-0.05, 0) is 36.1 Å². The van der Waals surface area contributed by atoms with Crippen LogP contribution in [0.4, 0.5) is 11.4 Å². The van der Waals surface area contributed by atoms with Crippen LogP contribution in [0.5, 0.6) is 0 Å². The maximum atomic E-state index is 12.2. The van der Waals surface area contributed by atoms with Crippen molar-refractivity contribution in [2.45, 2.75) is 26.7 Å². The van der Waals surface area contributed by atoms with Crippen LogP contribution in [0.2, 0.25) is 0 Å². The first kappa shape index (κ1) is 16.2. The van der Waals surface area contributed by atoms with Crippen molar-refractivity contribution >= 4 is 11.4 Å². The Bertz CT molecular complexity index is 901. The van der Waals surface area contributed by atoms with E-state index in [1.165, 1.54) is 5.56 Å². The average molecular weight is 319 g/mol. The highest BCUT2D eigenvalue weighted by Gasteiger charge is 2.27. The molecule has 3 nitrogen and oxygen atoms in total. The van der Waals surface area contributed by atoms with Crippen LogP contribution in [-0.2, 0) is 0 Å². The molecule has 0 aliphatic heterocycles. The monoisotopic (exact) mass is 319 g/mol. The highest BCUT2D eigenvalue weighted by atomic mass is 16.2. The molecule has 3 rings (SSSR count). The first-order chi connectivity index (χ1) is 11.5. The summed E-state index contributed by atoms with van der Waals surface area (Å²) >= 11 is 0. The molecule has 0 saturated heterocycles. The third-order valence-electron chi connectivity index (χ3n) is 4.41. The highest BCUT2D eigenvalue weighted by Crippen LogP contribution is 2.32. The van der Waals surface area contributed by atoms with E-state index in [0.717, 1.165) is 11.3 Å². The van der Waals surface area contributed by atoms with Crippen molar-refractivity contribution in [1.29, 1.82) is 0 Å². The molecule has 0 aliphatic carbocycles. The van der Waals surface area contributed by atoms with Gasteiger partial charge < -0.3 is 4.90 Å². The summed E-state index contributed by atoms with van der Waals surface area (Å²) in [5.41, 5.74) is 3.20. The SMILES string of the molecule is CCN(c1ccccc1)c1c(-c2ccc(C(C)C)cc2)c(=O)c1=O. The lowest BCUT2D eigenvalue weighted by Gasteiger charge is -2.26. The summed E-state index contributed by atoms with van der Waals surface area (Å²) in [5, 5.41) is 0. The molecule has 0 spiro atoms. The van der Waals surface area contributed by atoms with Crippen molar-refractivity contribution in [3.05, 3.63) is 80.6 Å². The number of hydrogen-bond donors (Lipinski definition) is 0. The fourth-order valence-electron chi connectivity index (χ4n) is 3.02. The molecule has 0 bridgehead atoms. The summed E-state index contributed by atoms with van der Waals surface area (Å²) < 4.78 is 0. The van der Waals surface area contributed by atoms with Crippen LogP contribution < -0.4 is 15.8 Å². The number of para-hydroxylation sites is 1. The zero-order valence-electron chi connectivity index (χ0n) is 14.2. The van der Waals surface area contributed by atoms with Gasteiger partial charge in [-0.1, -0.05) is 56.3 Å². The van der Waals surface area contributed by atoms with Gasteiger partial charge in [0.15, 0.2) is 0 Å². The van der Waals surface area contributed by atoms with Crippen molar-refractivity contribution in [2.24, 2.45) is 0 Å². The number of anilines is 2. The zero-order chi connectivity index (χ0) is 17.3. The summed E-state index contributed by atoms with van der Waals surface area (Å²) in [5.74, 6) is 0.433. The van der Waals surface area contributed by atoms with Gasteiger partial charge in [-0.2, -0.15) is 0 Å². The fourth-order valence-corrected chi connectivity index (χ4v) is 3.02. The minimum absolute atomic E-state index is 0.392. The van der Waals surface area contributed by atoms with Gasteiger partial charge in [-0.3, -0.25) is 9.59 Å². The van der Waals surface area contributed by atoms with E-state index < -0.39 is 10.9 Å². The molecule has 0 aromatic heterocycles. The van der Waals surface area contributed by atoms with Gasteiger partial charge in [0, 0.05) is 12.2 Å². The molecule has 0 fully saturated rings. The Kier molecular flexibility index (Phi) is 4.34. The predicted octanol–water partition coefficient (Wildman–Crippen LogP) is 4.23. The Labute approximate surface area is 141 Å². The summed E-state index contributed by atoms with van der Waals surface area (Å²) in [4.78, 5) is 26.4. The molecule has 0 aliphatic rings. The summed E-state index contributed by atoms with van der Waals surface area (Å²) in [6.07, 6.45) is 0. The van der Waals surface area contributed by atoms with Crippen molar-refractivity contribution in [1.82, 2.24) is 0 Å². The fraction of sp³-hybridized carbons (Fsp3) is 0.238. The van der Waals surface area contributed by atoms with Gasteiger partial charge in [0.05, 0.1) is 5.56 Å². The van der Waals surface area contributed by atoms with Crippen LogP contribution in [0.15, 0.2) is 64.2 Å². The Hall–Kier alpha value is -2.68. The molecular weight excluding hydrogens is 298 g/mol. The second kappa shape index (κ2) is 6.44. The quantitative estimate of drug-likeness (QED) is 0.660. The average Bonchev–Trinajstić information content (AvgIpc) is 2.62. The number of hydrogen-bond acceptors (Lipinski definition) is 3. The molecule has 122 valence electrons. The molecule has 0 N–H and O–H groups in total. The molecule has 0 radical (unpaired) electrons. The maximum absolute atomic E-state index is 12.2. The van der Waals surface area contributed by atoms with Crippen molar-refractivity contribution < 1.29 is 0 Å². The van der Waals surface area contributed by atoms with E-state index >= 15 is 0 Å². The normalized spacial score (nSPS) is 11.2. The lowest BCUT2D eigenvalue weighted by atomic mass is 9.94. The lowest BCUT2D eigenvalue weighted by Crippen LogP contribution is -2.40. The van der Waals surface area contributed by atoms with E-state index in [1.54, 1.807) is 0 Å². The molecule has 0 saturated carbocycles. The smallest absolute Gasteiger partial charge is 0.250 e. The Morgan fingerprint density at radius 3 is 2.04 bits per heavy atom. The number of benzene rings is 2. The molecule has 0 unspecified atom stereocenters. The molecule has 0 atom stereocenters. The van der Waals surface area contributed by atoms with Gasteiger partial charge in [0.2, 0.25) is 5.43 Å². The molecule has 24 heavy (non-hydrogen) atoms. The summed E-state index contributed by atoms with van der Waals surface area (Å²) in [7, 11) is 0. The minimum atomic E-state index is -0.399. The van der Waals surface area contributed by atoms with Crippen LogP contribution in [0, 0.1) is 0 Å². The second-order valence-corrected chi connectivity index (χ2v) is 6.24. The minimum Gasteiger partial charge on any atom is -0.338 e. The Balaban J connectivity index is 2.07. The maximum Gasteiger partial charge on any atom is 0.250 e. The van der Waals surface area contributed by atoms with Crippen LogP contribution in [0.25, 0.3) is 11.1 Å². The Morgan fingerprint density at radius 2 is 1.50 bits per heavy atom. The van der Waals surface area contributed by atoms with E-state index in [0.29, 0.717) is 23.7 Å². The largest absolute Gasteiger partial charge is 0.338 e.